The molecule has 0 bridgehead atoms. The van der Waals surface area contributed by atoms with Gasteiger partial charge >= 0.3 is 5.97 Å². The number of hydrogen-bond acceptors (Lipinski definition) is 3. The molecule has 0 amide bonds. The van der Waals surface area contributed by atoms with Crippen molar-refractivity contribution >= 4 is 5.97 Å². The lowest BCUT2D eigenvalue weighted by Crippen LogP contribution is -2.10. The number of carbonyl (C=O) groups is 1. The summed E-state index contributed by atoms with van der Waals surface area (Å²) in [4.78, 5) is 10.6. The van der Waals surface area contributed by atoms with Crippen LogP contribution in [0.1, 0.15) is 0 Å². The molecule has 1 rings (SSSR count). The summed E-state index contributed by atoms with van der Waals surface area (Å²) in [6.07, 6.45) is 1.24. The molecule has 1 fully saturated rings. The van der Waals surface area contributed by atoms with Crippen molar-refractivity contribution in [2.45, 2.75) is 6.10 Å². The zero-order chi connectivity index (χ0) is 6.69. The van der Waals surface area contributed by atoms with Gasteiger partial charge in [-0.1, -0.05) is 12.7 Å². The molecular weight excluding hydrogens is 120 g/mol. The minimum atomic E-state index is -0.287. The average Bonchev–Trinajstić information content (AvgIpc) is 2.63. The summed E-state index contributed by atoms with van der Waals surface area (Å²) in [7, 11) is 0. The maximum Gasteiger partial charge on any atom is 0.338 e. The molecule has 1 heterocycles. The molecule has 0 aromatic carbocycles. The Morgan fingerprint density at radius 1 is 2.00 bits per heavy atom. The molecule has 50 valence electrons. The van der Waals surface area contributed by atoms with Crippen molar-refractivity contribution in [1.82, 2.24) is 0 Å². The number of hydrogen-bond donors (Lipinski definition) is 0. The molecule has 0 aliphatic carbocycles. The summed E-state index contributed by atoms with van der Waals surface area (Å²) in [5.41, 5.74) is 0. The zero-order valence-electron chi connectivity index (χ0n) is 5.00. The molecule has 9 heavy (non-hydrogen) atoms. The second kappa shape index (κ2) is 2.64. The minimum Gasteiger partial charge on any atom is -0.459 e. The predicted molar refractivity (Wildman–Crippen MR) is 30.9 cm³/mol. The van der Waals surface area contributed by atoms with Crippen LogP contribution in [-0.2, 0) is 14.3 Å². The Bertz CT molecular complexity index is 126. The van der Waals surface area contributed by atoms with E-state index in [9.17, 15) is 4.79 Å². The fourth-order valence-corrected chi connectivity index (χ4v) is 0.418. The van der Waals surface area contributed by atoms with Crippen molar-refractivity contribution in [3.8, 4) is 0 Å². The first kappa shape index (κ1) is 6.29. The third-order valence-corrected chi connectivity index (χ3v) is 0.940. The normalized spacial score (nSPS) is 22.9. The van der Waals surface area contributed by atoms with Crippen LogP contribution in [0.15, 0.2) is 12.7 Å². The molecule has 1 unspecified atom stereocenters. The fraction of sp³-hybridized carbons (Fsp3) is 0.500. The first-order valence-electron chi connectivity index (χ1n) is 2.73. The van der Waals surface area contributed by atoms with E-state index in [4.69, 9.17) is 0 Å². The summed E-state index contributed by atoms with van der Waals surface area (Å²) in [5.74, 6) is -0.282. The van der Waals surface area contributed by atoms with Gasteiger partial charge in [-0.05, 0) is 0 Å². The van der Waals surface area contributed by atoms with Gasteiger partial charge in [0.1, 0.15) is 6.61 Å². The molecular formula is C6H8O3. The summed E-state index contributed by atoms with van der Waals surface area (Å²) in [6, 6.07) is 0. The van der Waals surface area contributed by atoms with E-state index in [0.717, 1.165) is 0 Å². The average molecular weight is 128 g/mol. The number of rotatable bonds is 3. The van der Waals surface area contributed by atoms with Gasteiger partial charge < -0.3 is 9.47 Å². The Hall–Kier alpha value is -0.830. The lowest BCUT2D eigenvalue weighted by Gasteiger charge is -1.94. The molecule has 3 nitrogen and oxygen atoms in total. The lowest BCUT2D eigenvalue weighted by molar-refractivity contribution is -0.143. The van der Waals surface area contributed by atoms with E-state index < -0.39 is 0 Å². The van der Waals surface area contributed by atoms with Gasteiger partial charge in [0.2, 0.25) is 0 Å². The van der Waals surface area contributed by atoms with Gasteiger partial charge in [-0.3, -0.25) is 0 Å². The highest BCUT2D eigenvalue weighted by Gasteiger charge is 2.32. The molecule has 1 aliphatic rings. The van der Waals surface area contributed by atoms with Crippen molar-refractivity contribution < 1.29 is 14.3 Å². The highest BCUT2D eigenvalue weighted by Crippen LogP contribution is 2.09. The van der Waals surface area contributed by atoms with Gasteiger partial charge in [-0.15, -0.1) is 0 Å². The van der Waals surface area contributed by atoms with Crippen molar-refractivity contribution in [2.75, 3.05) is 13.2 Å². The van der Waals surface area contributed by atoms with Crippen molar-refractivity contribution in [1.29, 1.82) is 0 Å². The Kier molecular flexibility index (Phi) is 1.85. The maximum absolute atomic E-state index is 10.6. The van der Waals surface area contributed by atoms with Crippen LogP contribution in [0.2, 0.25) is 0 Å². The van der Waals surface area contributed by atoms with Crippen LogP contribution in [0.4, 0.5) is 0 Å². The van der Waals surface area contributed by atoms with E-state index in [1.54, 1.807) is 0 Å². The molecule has 0 spiro atoms. The summed E-state index contributed by atoms with van der Waals surface area (Å²) in [5, 5.41) is 0. The summed E-state index contributed by atoms with van der Waals surface area (Å²) < 4.78 is 9.29. The van der Waals surface area contributed by atoms with E-state index in [-0.39, 0.29) is 18.7 Å². The van der Waals surface area contributed by atoms with Crippen LogP contribution >= 0.6 is 0 Å². The molecule has 0 aromatic heterocycles. The third-order valence-electron chi connectivity index (χ3n) is 0.940. The van der Waals surface area contributed by atoms with Crippen LogP contribution in [-0.4, -0.2) is 25.3 Å². The first-order chi connectivity index (χ1) is 4.34. The van der Waals surface area contributed by atoms with Crippen LogP contribution in [0.5, 0.6) is 0 Å². The zero-order valence-corrected chi connectivity index (χ0v) is 5.00. The molecule has 0 radical (unpaired) electrons. The van der Waals surface area contributed by atoms with Gasteiger partial charge in [-0.2, -0.15) is 0 Å². The van der Waals surface area contributed by atoms with Gasteiger partial charge in [0, 0.05) is 0 Å². The molecule has 0 saturated carbocycles. The monoisotopic (exact) mass is 128 g/mol. The molecule has 3 heteroatoms. The molecule has 1 saturated heterocycles. The number of epoxide rings is 1. The Morgan fingerprint density at radius 2 is 2.67 bits per heavy atom. The largest absolute Gasteiger partial charge is 0.459 e. The van der Waals surface area contributed by atoms with E-state index >= 15 is 0 Å². The van der Waals surface area contributed by atoms with Gasteiger partial charge in [0.25, 0.3) is 0 Å². The number of carbonyl (C=O) groups excluding carboxylic acids is 1. The van der Waals surface area contributed by atoms with Gasteiger partial charge in [0.15, 0.2) is 6.10 Å². The number of ether oxygens (including phenoxy) is 2. The summed E-state index contributed by atoms with van der Waals surface area (Å²) >= 11 is 0. The lowest BCUT2D eigenvalue weighted by atomic mass is 10.5. The van der Waals surface area contributed by atoms with Gasteiger partial charge in [-0.25, -0.2) is 4.79 Å². The SMILES string of the molecule is C=CCOC(=O)C1CO1. The second-order valence-electron chi connectivity index (χ2n) is 1.74. The standard InChI is InChI=1S/C6H8O3/c1-2-3-8-6(7)5-4-9-5/h2,5H,1,3-4H2. The topological polar surface area (TPSA) is 38.8 Å². The van der Waals surface area contributed by atoms with E-state index in [2.05, 4.69) is 16.1 Å². The Morgan fingerprint density at radius 3 is 3.11 bits per heavy atom. The molecule has 0 N–H and O–H groups in total. The predicted octanol–water partition coefficient (Wildman–Crippen LogP) is 0.114. The third kappa shape index (κ3) is 1.85. The maximum atomic E-state index is 10.6. The molecule has 0 aromatic rings. The smallest absolute Gasteiger partial charge is 0.338 e. The highest BCUT2D eigenvalue weighted by atomic mass is 16.6. The minimum absolute atomic E-state index is 0.276. The van der Waals surface area contributed by atoms with Crippen LogP contribution < -0.4 is 0 Å². The quantitative estimate of drug-likeness (QED) is 0.308. The van der Waals surface area contributed by atoms with E-state index in [0.29, 0.717) is 6.61 Å². The van der Waals surface area contributed by atoms with E-state index in [1.807, 2.05) is 0 Å². The number of esters is 1. The summed E-state index contributed by atoms with van der Waals surface area (Å²) in [6.45, 7) is 4.18. The fourth-order valence-electron chi connectivity index (χ4n) is 0.418. The van der Waals surface area contributed by atoms with E-state index in [1.165, 1.54) is 6.08 Å². The van der Waals surface area contributed by atoms with Gasteiger partial charge in [0.05, 0.1) is 6.61 Å². The first-order valence-corrected chi connectivity index (χ1v) is 2.73. The van der Waals surface area contributed by atoms with Crippen LogP contribution in [0.25, 0.3) is 0 Å². The molecule has 1 aliphatic heterocycles. The molecule has 1 atom stereocenters. The Labute approximate surface area is 53.3 Å². The van der Waals surface area contributed by atoms with Crippen molar-refractivity contribution in [3.05, 3.63) is 12.7 Å². The Balaban J connectivity index is 2.10. The highest BCUT2D eigenvalue weighted by molar-refractivity contribution is 5.77. The van der Waals surface area contributed by atoms with Crippen molar-refractivity contribution in [2.24, 2.45) is 0 Å². The van der Waals surface area contributed by atoms with Crippen LogP contribution in [0.3, 0.4) is 0 Å². The van der Waals surface area contributed by atoms with Crippen molar-refractivity contribution in [3.63, 3.8) is 0 Å². The van der Waals surface area contributed by atoms with Crippen LogP contribution in [0, 0.1) is 0 Å². The second-order valence-corrected chi connectivity index (χ2v) is 1.74.